The first-order chi connectivity index (χ1) is 10.1. The zero-order valence-corrected chi connectivity index (χ0v) is 11.9. The number of benzene rings is 1. The molecule has 1 aliphatic rings. The predicted molar refractivity (Wildman–Crippen MR) is 78.8 cm³/mol. The predicted octanol–water partition coefficient (Wildman–Crippen LogP) is 2.74. The van der Waals surface area contributed by atoms with Crippen molar-refractivity contribution in [1.29, 1.82) is 0 Å². The highest BCUT2D eigenvalue weighted by Gasteiger charge is 2.23. The van der Waals surface area contributed by atoms with Gasteiger partial charge in [0.05, 0.1) is 11.3 Å². The third-order valence-electron chi connectivity index (χ3n) is 3.57. The van der Waals surface area contributed by atoms with E-state index in [2.05, 4.69) is 6.07 Å². The van der Waals surface area contributed by atoms with Crippen LogP contribution >= 0.6 is 11.3 Å². The van der Waals surface area contributed by atoms with E-state index in [0.29, 0.717) is 4.88 Å². The van der Waals surface area contributed by atoms with Gasteiger partial charge in [0.1, 0.15) is 0 Å². The third-order valence-corrected chi connectivity index (χ3v) is 4.82. The van der Waals surface area contributed by atoms with Gasteiger partial charge < -0.3 is 5.11 Å². The molecule has 1 aliphatic carbocycles. The smallest absolute Gasteiger partial charge is 0.372 e. The van der Waals surface area contributed by atoms with E-state index in [1.54, 1.807) is 6.07 Å². The van der Waals surface area contributed by atoms with Crippen LogP contribution in [0.3, 0.4) is 0 Å². The molecule has 1 heterocycles. The first-order valence-electron chi connectivity index (χ1n) is 6.56. The standard InChI is InChI=1S/C16H12O4S/c17-12(8-13(18)16(19)20)14-7-10-6-5-9-3-1-2-4-11(9)15(10)21-14/h1-4,7H,5-6,8H2,(H,19,20). The molecule has 0 saturated heterocycles. The van der Waals surface area contributed by atoms with Crippen molar-refractivity contribution in [3.63, 3.8) is 0 Å². The van der Waals surface area contributed by atoms with E-state index in [4.69, 9.17) is 5.11 Å². The lowest BCUT2D eigenvalue weighted by atomic mass is 9.91. The number of aliphatic carboxylic acids is 1. The molecule has 3 rings (SSSR count). The van der Waals surface area contributed by atoms with Crippen LogP contribution in [0.5, 0.6) is 0 Å². The molecule has 0 bridgehead atoms. The molecule has 0 fully saturated rings. The summed E-state index contributed by atoms with van der Waals surface area (Å²) in [6, 6.07) is 9.86. The Labute approximate surface area is 125 Å². The van der Waals surface area contributed by atoms with Gasteiger partial charge >= 0.3 is 5.97 Å². The molecule has 21 heavy (non-hydrogen) atoms. The second-order valence-corrected chi connectivity index (χ2v) is 6.00. The van der Waals surface area contributed by atoms with E-state index in [0.717, 1.165) is 28.8 Å². The fourth-order valence-electron chi connectivity index (χ4n) is 2.52. The molecule has 1 aromatic heterocycles. The second-order valence-electron chi connectivity index (χ2n) is 4.95. The van der Waals surface area contributed by atoms with E-state index in [-0.39, 0.29) is 0 Å². The second kappa shape index (κ2) is 5.26. The number of carbonyl (C=O) groups is 3. The van der Waals surface area contributed by atoms with Crippen molar-refractivity contribution in [2.24, 2.45) is 0 Å². The Morgan fingerprint density at radius 2 is 1.81 bits per heavy atom. The van der Waals surface area contributed by atoms with Crippen molar-refractivity contribution in [2.45, 2.75) is 19.3 Å². The Hall–Kier alpha value is -2.27. The molecule has 0 atom stereocenters. The average Bonchev–Trinajstić information content (AvgIpc) is 2.91. The molecule has 0 spiro atoms. The highest BCUT2D eigenvalue weighted by molar-refractivity contribution is 7.17. The first-order valence-corrected chi connectivity index (χ1v) is 7.38. The zero-order chi connectivity index (χ0) is 15.0. The van der Waals surface area contributed by atoms with Gasteiger partial charge in [0.15, 0.2) is 5.78 Å². The third kappa shape index (κ3) is 2.52. The fraction of sp³-hybridized carbons (Fsp3) is 0.188. The molecule has 0 radical (unpaired) electrons. The van der Waals surface area contributed by atoms with Crippen LogP contribution in [-0.2, 0) is 22.4 Å². The van der Waals surface area contributed by atoms with Crippen molar-refractivity contribution in [2.75, 3.05) is 0 Å². The van der Waals surface area contributed by atoms with Crippen LogP contribution in [0, 0.1) is 0 Å². The molecule has 0 unspecified atom stereocenters. The summed E-state index contributed by atoms with van der Waals surface area (Å²) in [5.41, 5.74) is 3.49. The van der Waals surface area contributed by atoms with Gasteiger partial charge in [-0.15, -0.1) is 11.3 Å². The summed E-state index contributed by atoms with van der Waals surface area (Å²) in [5.74, 6) is -3.04. The van der Waals surface area contributed by atoms with Crippen molar-refractivity contribution in [3.05, 3.63) is 46.3 Å². The molecule has 1 N–H and O–H groups in total. The number of thiophene rings is 1. The van der Waals surface area contributed by atoms with Gasteiger partial charge in [-0.05, 0) is 35.6 Å². The maximum absolute atomic E-state index is 12.0. The van der Waals surface area contributed by atoms with E-state index < -0.39 is 24.0 Å². The highest BCUT2D eigenvalue weighted by Crippen LogP contribution is 2.39. The van der Waals surface area contributed by atoms with Gasteiger partial charge in [0.2, 0.25) is 5.78 Å². The first kappa shape index (κ1) is 13.7. The molecule has 1 aromatic carbocycles. The Balaban J connectivity index is 1.92. The van der Waals surface area contributed by atoms with Gasteiger partial charge in [-0.2, -0.15) is 0 Å². The number of fused-ring (bicyclic) bond motifs is 3. The quantitative estimate of drug-likeness (QED) is 0.535. The summed E-state index contributed by atoms with van der Waals surface area (Å²) in [5, 5.41) is 8.57. The number of carboxylic acids is 1. The van der Waals surface area contributed by atoms with Gasteiger partial charge in [0, 0.05) is 4.88 Å². The molecule has 0 saturated carbocycles. The lowest BCUT2D eigenvalue weighted by Gasteiger charge is -2.15. The summed E-state index contributed by atoms with van der Waals surface area (Å²) >= 11 is 1.35. The maximum atomic E-state index is 12.0. The number of ketones is 2. The monoisotopic (exact) mass is 300 g/mol. The van der Waals surface area contributed by atoms with Crippen LogP contribution in [0.1, 0.15) is 27.2 Å². The van der Waals surface area contributed by atoms with Crippen molar-refractivity contribution in [1.82, 2.24) is 0 Å². The Morgan fingerprint density at radius 3 is 2.57 bits per heavy atom. The van der Waals surface area contributed by atoms with Crippen LogP contribution < -0.4 is 0 Å². The van der Waals surface area contributed by atoms with E-state index >= 15 is 0 Å². The molecular formula is C16H12O4S. The van der Waals surface area contributed by atoms with E-state index in [9.17, 15) is 14.4 Å². The van der Waals surface area contributed by atoms with Crippen LogP contribution in [0.2, 0.25) is 0 Å². The van der Waals surface area contributed by atoms with Crippen molar-refractivity contribution in [3.8, 4) is 10.4 Å². The summed E-state index contributed by atoms with van der Waals surface area (Å²) in [4.78, 5) is 35.2. The summed E-state index contributed by atoms with van der Waals surface area (Å²) in [7, 11) is 0. The highest BCUT2D eigenvalue weighted by atomic mass is 32.1. The number of hydrogen-bond donors (Lipinski definition) is 1. The topological polar surface area (TPSA) is 71.4 Å². The number of rotatable bonds is 4. The molecular weight excluding hydrogens is 288 g/mol. The minimum Gasteiger partial charge on any atom is -0.475 e. The Kier molecular flexibility index (Phi) is 3.43. The number of Topliss-reactive ketones (excluding diaryl/α,β-unsaturated/α-hetero) is 2. The van der Waals surface area contributed by atoms with Gasteiger partial charge in [-0.3, -0.25) is 9.59 Å². The molecule has 4 nitrogen and oxygen atoms in total. The normalized spacial score (nSPS) is 12.4. The van der Waals surface area contributed by atoms with Crippen molar-refractivity contribution < 1.29 is 19.5 Å². The minimum atomic E-state index is -1.56. The molecule has 5 heteroatoms. The summed E-state index contributed by atoms with van der Waals surface area (Å²) in [6.07, 6.45) is 1.22. The van der Waals surface area contributed by atoms with Crippen LogP contribution in [0.4, 0.5) is 0 Å². The Morgan fingerprint density at radius 1 is 1.10 bits per heavy atom. The fourth-order valence-corrected chi connectivity index (χ4v) is 3.73. The van der Waals surface area contributed by atoms with Gasteiger partial charge in [0.25, 0.3) is 0 Å². The SMILES string of the molecule is O=C(O)C(=O)CC(=O)c1cc2c(s1)-c1ccccc1CC2. The molecule has 2 aromatic rings. The number of carbonyl (C=O) groups excluding carboxylic acids is 2. The van der Waals surface area contributed by atoms with Crippen LogP contribution in [0.15, 0.2) is 30.3 Å². The number of carboxylic acid groups (broad SMARTS) is 1. The van der Waals surface area contributed by atoms with Crippen molar-refractivity contribution >= 4 is 28.9 Å². The van der Waals surface area contributed by atoms with Crippen LogP contribution in [-0.4, -0.2) is 22.6 Å². The number of hydrogen-bond acceptors (Lipinski definition) is 4. The summed E-state index contributed by atoms with van der Waals surface area (Å²) < 4.78 is 0. The Bertz CT molecular complexity index is 757. The summed E-state index contributed by atoms with van der Waals surface area (Å²) in [6.45, 7) is 0. The van der Waals surface area contributed by atoms with Crippen LogP contribution in [0.25, 0.3) is 10.4 Å². The maximum Gasteiger partial charge on any atom is 0.372 e. The molecule has 0 aliphatic heterocycles. The molecule has 0 amide bonds. The van der Waals surface area contributed by atoms with E-state index in [1.165, 1.54) is 16.9 Å². The van der Waals surface area contributed by atoms with Gasteiger partial charge in [-0.25, -0.2) is 4.79 Å². The lowest BCUT2D eigenvalue weighted by molar-refractivity contribution is -0.148. The van der Waals surface area contributed by atoms with Gasteiger partial charge in [-0.1, -0.05) is 24.3 Å². The molecule has 106 valence electrons. The average molecular weight is 300 g/mol. The number of aryl methyl sites for hydroxylation is 2. The zero-order valence-electron chi connectivity index (χ0n) is 11.1. The van der Waals surface area contributed by atoms with E-state index in [1.807, 2.05) is 18.2 Å². The largest absolute Gasteiger partial charge is 0.475 e. The minimum absolute atomic E-state index is 0.417. The lowest BCUT2D eigenvalue weighted by Crippen LogP contribution is -2.16.